The lowest BCUT2D eigenvalue weighted by atomic mass is 9.96. The summed E-state index contributed by atoms with van der Waals surface area (Å²) in [6, 6.07) is 0. The molecule has 0 aromatic heterocycles. The average molecular weight is 415 g/mol. The van der Waals surface area contributed by atoms with E-state index in [1.54, 1.807) is 0 Å². The number of aliphatic hydroxyl groups excluding tert-OH is 7. The first kappa shape index (κ1) is 22.5. The standard InChI is InChI=1S/C13H25N3O10S/c14-13(27)16-15-11-8(22)7(21)10(4(2-18)24-11)26-12-9(23)6(20)5(19)3(1-17)25-12/h3-12,15,17-23H,1-2H2,(H3,14,16,27)/t3-,4-,5+,6+,7-,8-,9-,10-,11-,12+/m1/s1. The van der Waals surface area contributed by atoms with Gasteiger partial charge in [-0.3, -0.25) is 5.43 Å². The van der Waals surface area contributed by atoms with Gasteiger partial charge in [0.2, 0.25) is 0 Å². The van der Waals surface area contributed by atoms with Crippen molar-refractivity contribution < 1.29 is 50.0 Å². The summed E-state index contributed by atoms with van der Waals surface area (Å²) in [7, 11) is 0. The summed E-state index contributed by atoms with van der Waals surface area (Å²) in [4.78, 5) is 0. The topological polar surface area (TPSA) is 219 Å². The maximum absolute atomic E-state index is 10.3. The third-order valence-corrected chi connectivity index (χ3v) is 4.44. The summed E-state index contributed by atoms with van der Waals surface area (Å²) < 4.78 is 16.0. The molecular weight excluding hydrogens is 390 g/mol. The van der Waals surface area contributed by atoms with Crippen LogP contribution in [0.5, 0.6) is 0 Å². The van der Waals surface area contributed by atoms with Crippen LogP contribution in [0.1, 0.15) is 0 Å². The Kier molecular flexibility index (Phi) is 8.05. The van der Waals surface area contributed by atoms with E-state index >= 15 is 0 Å². The van der Waals surface area contributed by atoms with E-state index in [1.807, 2.05) is 0 Å². The minimum Gasteiger partial charge on any atom is -0.394 e. The Hall–Kier alpha value is -0.750. The van der Waals surface area contributed by atoms with Crippen LogP contribution in [0.4, 0.5) is 0 Å². The van der Waals surface area contributed by atoms with E-state index in [4.69, 9.17) is 19.9 Å². The molecule has 10 atom stereocenters. The molecule has 13 nitrogen and oxygen atoms in total. The van der Waals surface area contributed by atoms with Gasteiger partial charge in [0.15, 0.2) is 17.6 Å². The van der Waals surface area contributed by atoms with Crippen LogP contribution in [-0.4, -0.2) is 115 Å². The number of ether oxygens (including phenoxy) is 3. The molecule has 2 rings (SSSR count). The molecule has 2 heterocycles. The van der Waals surface area contributed by atoms with E-state index in [9.17, 15) is 35.7 Å². The van der Waals surface area contributed by atoms with Gasteiger partial charge in [0.25, 0.3) is 0 Å². The Bertz CT molecular complexity index is 501. The number of hydrogen-bond acceptors (Lipinski definition) is 12. The van der Waals surface area contributed by atoms with Crippen LogP contribution in [0.2, 0.25) is 0 Å². The van der Waals surface area contributed by atoms with Crippen LogP contribution in [0, 0.1) is 0 Å². The number of thiocarbonyl (C=S) groups is 1. The second kappa shape index (κ2) is 9.64. The second-order valence-electron chi connectivity index (χ2n) is 6.19. The summed E-state index contributed by atoms with van der Waals surface area (Å²) in [5.41, 5.74) is 10.00. The number of nitrogens with one attached hydrogen (secondary N) is 2. The Morgan fingerprint density at radius 3 is 2.07 bits per heavy atom. The Labute approximate surface area is 159 Å². The number of hydrazine groups is 1. The van der Waals surface area contributed by atoms with E-state index in [0.29, 0.717) is 0 Å². The van der Waals surface area contributed by atoms with Crippen molar-refractivity contribution in [1.29, 1.82) is 0 Å². The summed E-state index contributed by atoms with van der Waals surface area (Å²) >= 11 is 4.60. The fourth-order valence-corrected chi connectivity index (χ4v) is 2.91. The Morgan fingerprint density at radius 2 is 1.52 bits per heavy atom. The molecule has 0 aromatic carbocycles. The Balaban J connectivity index is 2.09. The first-order valence-electron chi connectivity index (χ1n) is 8.10. The normalized spacial score (nSPS) is 45.4. The molecule has 0 bridgehead atoms. The maximum Gasteiger partial charge on any atom is 0.187 e. The van der Waals surface area contributed by atoms with Gasteiger partial charge in [-0.25, -0.2) is 5.43 Å². The third kappa shape index (κ3) is 5.00. The molecule has 0 aromatic rings. The van der Waals surface area contributed by atoms with Crippen LogP contribution in [0.15, 0.2) is 0 Å². The molecule has 0 spiro atoms. The highest BCUT2D eigenvalue weighted by Gasteiger charge is 2.50. The third-order valence-electron chi connectivity index (χ3n) is 4.34. The molecule has 14 heteroatoms. The molecule has 0 aliphatic carbocycles. The lowest BCUT2D eigenvalue weighted by molar-refractivity contribution is -0.343. The Morgan fingerprint density at radius 1 is 0.889 bits per heavy atom. The van der Waals surface area contributed by atoms with Gasteiger partial charge in [-0.15, -0.1) is 0 Å². The second-order valence-corrected chi connectivity index (χ2v) is 6.63. The van der Waals surface area contributed by atoms with Crippen molar-refractivity contribution in [2.45, 2.75) is 61.3 Å². The highest BCUT2D eigenvalue weighted by molar-refractivity contribution is 7.80. The molecule has 158 valence electrons. The zero-order valence-electron chi connectivity index (χ0n) is 14.0. The van der Waals surface area contributed by atoms with E-state index in [2.05, 4.69) is 23.1 Å². The van der Waals surface area contributed by atoms with Crippen LogP contribution >= 0.6 is 12.2 Å². The van der Waals surface area contributed by atoms with Crippen LogP contribution in [-0.2, 0) is 14.2 Å². The highest BCUT2D eigenvalue weighted by atomic mass is 32.1. The molecule has 0 amide bonds. The smallest absolute Gasteiger partial charge is 0.187 e. The molecule has 27 heavy (non-hydrogen) atoms. The minimum atomic E-state index is -1.72. The molecule has 2 fully saturated rings. The van der Waals surface area contributed by atoms with Crippen LogP contribution in [0.3, 0.4) is 0 Å². The van der Waals surface area contributed by atoms with Gasteiger partial charge >= 0.3 is 0 Å². The van der Waals surface area contributed by atoms with E-state index in [-0.39, 0.29) is 5.11 Å². The molecule has 2 saturated heterocycles. The first-order chi connectivity index (χ1) is 12.7. The van der Waals surface area contributed by atoms with Gasteiger partial charge in [0.05, 0.1) is 13.2 Å². The van der Waals surface area contributed by atoms with Gasteiger partial charge in [-0.2, -0.15) is 0 Å². The lowest BCUT2D eigenvalue weighted by Crippen LogP contribution is -2.67. The monoisotopic (exact) mass is 415 g/mol. The summed E-state index contributed by atoms with van der Waals surface area (Å²) in [6.45, 7) is -1.31. The lowest BCUT2D eigenvalue weighted by Gasteiger charge is -2.46. The molecular formula is C13H25N3O10S. The van der Waals surface area contributed by atoms with Crippen molar-refractivity contribution in [2.24, 2.45) is 5.73 Å². The molecule has 0 unspecified atom stereocenters. The fourth-order valence-electron chi connectivity index (χ4n) is 2.85. The van der Waals surface area contributed by atoms with E-state index in [1.165, 1.54) is 0 Å². The van der Waals surface area contributed by atoms with E-state index < -0.39 is 74.6 Å². The van der Waals surface area contributed by atoms with Crippen LogP contribution < -0.4 is 16.6 Å². The zero-order chi connectivity index (χ0) is 20.3. The van der Waals surface area contributed by atoms with Gasteiger partial charge in [-0.1, -0.05) is 0 Å². The summed E-state index contributed by atoms with van der Waals surface area (Å²) in [5, 5.41) is 68.7. The van der Waals surface area contributed by atoms with Crippen LogP contribution in [0.25, 0.3) is 0 Å². The maximum atomic E-state index is 10.3. The molecule has 0 saturated carbocycles. The minimum absolute atomic E-state index is 0.152. The van der Waals surface area contributed by atoms with Gasteiger partial charge < -0.3 is 55.7 Å². The molecule has 2 aliphatic rings. The van der Waals surface area contributed by atoms with Crippen molar-refractivity contribution in [3.8, 4) is 0 Å². The fraction of sp³-hybridized carbons (Fsp3) is 0.923. The highest BCUT2D eigenvalue weighted by Crippen LogP contribution is 2.28. The number of rotatable bonds is 6. The van der Waals surface area contributed by atoms with Crippen molar-refractivity contribution in [3.63, 3.8) is 0 Å². The van der Waals surface area contributed by atoms with Gasteiger partial charge in [0, 0.05) is 0 Å². The van der Waals surface area contributed by atoms with Gasteiger partial charge in [0.1, 0.15) is 48.8 Å². The van der Waals surface area contributed by atoms with Crippen molar-refractivity contribution in [2.75, 3.05) is 13.2 Å². The SMILES string of the molecule is NC(=S)NN[C@@H]1O[C@H](CO)[C@@H](O[C@@H]2O[C@H](CO)[C@H](O)[C@H](O)[C@H]2O)[C@H](O)[C@H]1O. The van der Waals surface area contributed by atoms with Crippen molar-refractivity contribution in [1.82, 2.24) is 10.9 Å². The number of aliphatic hydroxyl groups is 7. The quantitative estimate of drug-likeness (QED) is 0.144. The predicted octanol–water partition coefficient (Wildman–Crippen LogP) is -6.05. The number of nitrogens with two attached hydrogens (primary N) is 1. The molecule has 11 N–H and O–H groups in total. The molecule has 0 radical (unpaired) electrons. The van der Waals surface area contributed by atoms with E-state index in [0.717, 1.165) is 0 Å². The van der Waals surface area contributed by atoms with Crippen molar-refractivity contribution >= 4 is 17.3 Å². The zero-order valence-corrected chi connectivity index (χ0v) is 14.8. The molecule has 2 aliphatic heterocycles. The predicted molar refractivity (Wildman–Crippen MR) is 89.5 cm³/mol. The average Bonchev–Trinajstić information content (AvgIpc) is 2.64. The van der Waals surface area contributed by atoms with Gasteiger partial charge in [-0.05, 0) is 12.2 Å². The number of hydrogen-bond donors (Lipinski definition) is 10. The first-order valence-corrected chi connectivity index (χ1v) is 8.51. The summed E-state index contributed by atoms with van der Waals surface area (Å²) in [6.07, 6.45) is -14.8. The largest absolute Gasteiger partial charge is 0.394 e. The summed E-state index contributed by atoms with van der Waals surface area (Å²) in [5.74, 6) is 0. The van der Waals surface area contributed by atoms with Crippen molar-refractivity contribution in [3.05, 3.63) is 0 Å².